The Morgan fingerprint density at radius 2 is 1.68 bits per heavy atom. The smallest absolute Gasteiger partial charge is 0.240 e. The third-order valence-corrected chi connectivity index (χ3v) is 4.88. The zero-order valence-corrected chi connectivity index (χ0v) is 14.0. The molecule has 0 bridgehead atoms. The zero-order valence-electron chi connectivity index (χ0n) is 13.2. The first-order chi connectivity index (χ1) is 11.7. The lowest BCUT2D eigenvalue weighted by Gasteiger charge is -2.17. The van der Waals surface area contributed by atoms with Gasteiger partial charge in [0, 0.05) is 25.7 Å². The first kappa shape index (κ1) is 18.9. The maximum Gasteiger partial charge on any atom is 0.240 e. The summed E-state index contributed by atoms with van der Waals surface area (Å²) in [5.41, 5.74) is 0.454. The number of halogens is 3. The second kappa shape index (κ2) is 7.66. The highest BCUT2D eigenvalue weighted by Crippen LogP contribution is 2.15. The van der Waals surface area contributed by atoms with Crippen LogP contribution in [-0.4, -0.2) is 27.9 Å². The standard InChI is InChI=1S/C16H15F3N2O3S/c1-21(12-4-2-11(17)3-5-12)16(22)8-9-20-25(23,24)13-6-7-14(18)15(19)10-13/h2-7,10,20H,8-9H2,1H3. The summed E-state index contributed by atoms with van der Waals surface area (Å²) in [6.45, 7) is -0.230. The van der Waals surface area contributed by atoms with E-state index in [9.17, 15) is 26.4 Å². The third kappa shape index (κ3) is 4.80. The summed E-state index contributed by atoms with van der Waals surface area (Å²) in [5, 5.41) is 0. The molecule has 0 radical (unpaired) electrons. The van der Waals surface area contributed by atoms with Crippen LogP contribution in [0.3, 0.4) is 0 Å². The van der Waals surface area contributed by atoms with E-state index >= 15 is 0 Å². The monoisotopic (exact) mass is 372 g/mol. The number of nitrogens with zero attached hydrogens (tertiary/aromatic N) is 1. The molecule has 0 aliphatic rings. The van der Waals surface area contributed by atoms with Gasteiger partial charge < -0.3 is 4.90 Å². The number of hydrogen-bond acceptors (Lipinski definition) is 3. The maximum absolute atomic E-state index is 13.1. The summed E-state index contributed by atoms with van der Waals surface area (Å²) in [5.74, 6) is -3.28. The minimum atomic E-state index is -4.07. The molecule has 0 aliphatic heterocycles. The van der Waals surface area contributed by atoms with Crippen LogP contribution in [0.15, 0.2) is 47.4 Å². The first-order valence-electron chi connectivity index (χ1n) is 7.17. The zero-order chi connectivity index (χ0) is 18.6. The van der Waals surface area contributed by atoms with Gasteiger partial charge in [-0.3, -0.25) is 4.79 Å². The lowest BCUT2D eigenvalue weighted by Crippen LogP contribution is -2.32. The molecule has 0 heterocycles. The van der Waals surface area contributed by atoms with E-state index in [-0.39, 0.29) is 13.0 Å². The van der Waals surface area contributed by atoms with Crippen molar-refractivity contribution in [2.24, 2.45) is 0 Å². The van der Waals surface area contributed by atoms with E-state index < -0.39 is 38.3 Å². The molecule has 0 fully saturated rings. The van der Waals surface area contributed by atoms with E-state index in [1.807, 2.05) is 0 Å². The van der Waals surface area contributed by atoms with Gasteiger partial charge in [-0.1, -0.05) is 0 Å². The van der Waals surface area contributed by atoms with Crippen LogP contribution in [0.1, 0.15) is 6.42 Å². The van der Waals surface area contributed by atoms with Crippen molar-refractivity contribution >= 4 is 21.6 Å². The molecule has 0 unspecified atom stereocenters. The Balaban J connectivity index is 1.95. The Kier molecular flexibility index (Phi) is 5.81. The van der Waals surface area contributed by atoms with Crippen molar-refractivity contribution in [3.8, 4) is 0 Å². The molecule has 0 spiro atoms. The van der Waals surface area contributed by atoms with Crippen LogP contribution < -0.4 is 9.62 Å². The third-order valence-electron chi connectivity index (χ3n) is 3.42. The SMILES string of the molecule is CN(C(=O)CCNS(=O)(=O)c1ccc(F)c(F)c1)c1ccc(F)cc1. The molecule has 134 valence electrons. The van der Waals surface area contributed by atoms with Crippen LogP contribution in [0.4, 0.5) is 18.9 Å². The van der Waals surface area contributed by atoms with Crippen molar-refractivity contribution < 1.29 is 26.4 Å². The van der Waals surface area contributed by atoms with Gasteiger partial charge in [0.2, 0.25) is 15.9 Å². The molecule has 5 nitrogen and oxygen atoms in total. The van der Waals surface area contributed by atoms with Gasteiger partial charge in [0.1, 0.15) is 5.82 Å². The fraction of sp³-hybridized carbons (Fsp3) is 0.188. The lowest BCUT2D eigenvalue weighted by atomic mass is 10.2. The number of sulfonamides is 1. The number of carbonyl (C=O) groups excluding carboxylic acids is 1. The number of amides is 1. The van der Waals surface area contributed by atoms with Gasteiger partial charge in [0.05, 0.1) is 4.90 Å². The number of hydrogen-bond donors (Lipinski definition) is 1. The second-order valence-corrected chi connectivity index (χ2v) is 6.92. The molecular formula is C16H15F3N2O3S. The molecule has 2 aromatic rings. The molecule has 1 amide bonds. The molecule has 1 N–H and O–H groups in total. The molecule has 2 aromatic carbocycles. The van der Waals surface area contributed by atoms with Gasteiger partial charge in [-0.2, -0.15) is 0 Å². The fourth-order valence-corrected chi connectivity index (χ4v) is 3.04. The number of benzene rings is 2. The van der Waals surface area contributed by atoms with Crippen molar-refractivity contribution in [1.82, 2.24) is 4.72 Å². The van der Waals surface area contributed by atoms with Gasteiger partial charge in [-0.15, -0.1) is 0 Å². The Bertz CT molecular complexity index is 871. The fourth-order valence-electron chi connectivity index (χ4n) is 2.00. The van der Waals surface area contributed by atoms with E-state index in [1.54, 1.807) is 0 Å². The first-order valence-corrected chi connectivity index (χ1v) is 8.66. The van der Waals surface area contributed by atoms with E-state index in [4.69, 9.17) is 0 Å². The molecular weight excluding hydrogens is 357 g/mol. The van der Waals surface area contributed by atoms with Crippen molar-refractivity contribution in [3.05, 3.63) is 59.9 Å². The van der Waals surface area contributed by atoms with Gasteiger partial charge in [-0.05, 0) is 42.5 Å². The summed E-state index contributed by atoms with van der Waals surface area (Å²) in [6, 6.07) is 7.42. The molecule has 0 aliphatic carbocycles. The average molecular weight is 372 g/mol. The number of carbonyl (C=O) groups is 1. The predicted molar refractivity (Wildman–Crippen MR) is 86.0 cm³/mol. The van der Waals surface area contributed by atoms with Crippen LogP contribution in [0.25, 0.3) is 0 Å². The molecule has 9 heteroatoms. The molecule has 0 atom stereocenters. The van der Waals surface area contributed by atoms with Crippen molar-refractivity contribution in [3.63, 3.8) is 0 Å². The van der Waals surface area contributed by atoms with E-state index in [0.717, 1.165) is 6.07 Å². The molecule has 0 saturated heterocycles. The normalized spacial score (nSPS) is 11.4. The Hall–Kier alpha value is -2.39. The minimum absolute atomic E-state index is 0.170. The lowest BCUT2D eigenvalue weighted by molar-refractivity contribution is -0.118. The Morgan fingerprint density at radius 3 is 2.28 bits per heavy atom. The van der Waals surface area contributed by atoms with Crippen LogP contribution in [0, 0.1) is 17.5 Å². The van der Waals surface area contributed by atoms with Gasteiger partial charge in [0.15, 0.2) is 11.6 Å². The van der Waals surface area contributed by atoms with E-state index in [0.29, 0.717) is 17.8 Å². The van der Waals surface area contributed by atoms with Crippen molar-refractivity contribution in [2.75, 3.05) is 18.5 Å². The highest BCUT2D eigenvalue weighted by molar-refractivity contribution is 7.89. The van der Waals surface area contributed by atoms with Crippen molar-refractivity contribution in [2.45, 2.75) is 11.3 Å². The average Bonchev–Trinajstić information content (AvgIpc) is 2.57. The van der Waals surface area contributed by atoms with E-state index in [1.165, 1.54) is 36.2 Å². The van der Waals surface area contributed by atoms with Crippen LogP contribution >= 0.6 is 0 Å². The van der Waals surface area contributed by atoms with Gasteiger partial charge in [-0.25, -0.2) is 26.3 Å². The van der Waals surface area contributed by atoms with Gasteiger partial charge >= 0.3 is 0 Å². The number of rotatable bonds is 6. The van der Waals surface area contributed by atoms with Crippen LogP contribution in [0.2, 0.25) is 0 Å². The molecule has 25 heavy (non-hydrogen) atoms. The summed E-state index contributed by atoms with van der Waals surface area (Å²) < 4.78 is 65.0. The number of nitrogens with one attached hydrogen (secondary N) is 1. The summed E-state index contributed by atoms with van der Waals surface area (Å²) >= 11 is 0. The molecule has 0 aromatic heterocycles. The summed E-state index contributed by atoms with van der Waals surface area (Å²) in [7, 11) is -2.60. The summed E-state index contributed by atoms with van der Waals surface area (Å²) in [4.78, 5) is 12.9. The summed E-state index contributed by atoms with van der Waals surface area (Å²) in [6.07, 6.45) is -0.170. The molecule has 0 saturated carbocycles. The number of anilines is 1. The molecule has 2 rings (SSSR count). The Morgan fingerprint density at radius 1 is 1.04 bits per heavy atom. The minimum Gasteiger partial charge on any atom is -0.315 e. The predicted octanol–water partition coefficient (Wildman–Crippen LogP) is 2.44. The second-order valence-electron chi connectivity index (χ2n) is 5.15. The highest BCUT2D eigenvalue weighted by Gasteiger charge is 2.17. The van der Waals surface area contributed by atoms with Crippen LogP contribution in [-0.2, 0) is 14.8 Å². The quantitative estimate of drug-likeness (QED) is 0.847. The maximum atomic E-state index is 13.1. The van der Waals surface area contributed by atoms with Crippen molar-refractivity contribution in [1.29, 1.82) is 0 Å². The van der Waals surface area contributed by atoms with E-state index in [2.05, 4.69) is 4.72 Å². The Labute approximate surface area is 143 Å². The van der Waals surface area contributed by atoms with Gasteiger partial charge in [0.25, 0.3) is 0 Å². The highest BCUT2D eigenvalue weighted by atomic mass is 32.2. The topological polar surface area (TPSA) is 66.5 Å². The largest absolute Gasteiger partial charge is 0.315 e. The van der Waals surface area contributed by atoms with Crippen LogP contribution in [0.5, 0.6) is 0 Å².